The quantitative estimate of drug-likeness (QED) is 0.423. The zero-order chi connectivity index (χ0) is 23.0. The van der Waals surface area contributed by atoms with Gasteiger partial charge in [-0.15, -0.1) is 0 Å². The number of sulfonamides is 1. The minimum Gasteiger partial charge on any atom is -0.436 e. The van der Waals surface area contributed by atoms with E-state index in [1.54, 1.807) is 24.3 Å². The van der Waals surface area contributed by atoms with Gasteiger partial charge in [-0.25, -0.2) is 13.4 Å². The average Bonchev–Trinajstić information content (AvgIpc) is 3.50. The Balaban J connectivity index is 1.34. The first-order valence-electron chi connectivity index (χ1n) is 10.5. The van der Waals surface area contributed by atoms with E-state index in [0.717, 1.165) is 12.8 Å². The molecule has 0 unspecified atom stereocenters. The van der Waals surface area contributed by atoms with Crippen LogP contribution in [-0.2, 0) is 10.0 Å². The number of hydrogen-bond donors (Lipinski definition) is 1. The van der Waals surface area contributed by atoms with Crippen molar-refractivity contribution in [1.82, 2.24) is 9.29 Å². The van der Waals surface area contributed by atoms with Crippen molar-refractivity contribution in [2.45, 2.75) is 17.7 Å². The van der Waals surface area contributed by atoms with Gasteiger partial charge in [-0.1, -0.05) is 23.7 Å². The van der Waals surface area contributed by atoms with E-state index in [1.165, 1.54) is 28.6 Å². The van der Waals surface area contributed by atoms with Gasteiger partial charge in [0.15, 0.2) is 5.58 Å². The molecule has 168 valence electrons. The van der Waals surface area contributed by atoms with Gasteiger partial charge in [0, 0.05) is 30.4 Å². The second-order valence-electron chi connectivity index (χ2n) is 7.77. The lowest BCUT2D eigenvalue weighted by Gasteiger charge is -2.15. The van der Waals surface area contributed by atoms with Gasteiger partial charge >= 0.3 is 0 Å². The third kappa shape index (κ3) is 4.25. The predicted molar refractivity (Wildman–Crippen MR) is 127 cm³/mol. The number of carbonyl (C=O) groups excluding carboxylic acids is 1. The zero-order valence-electron chi connectivity index (χ0n) is 17.5. The first-order chi connectivity index (χ1) is 15.9. The molecule has 4 aromatic rings. The highest BCUT2D eigenvalue weighted by Gasteiger charge is 2.27. The second-order valence-corrected chi connectivity index (χ2v) is 10.1. The summed E-state index contributed by atoms with van der Waals surface area (Å²) in [5.74, 6) is 0.0409. The Kier molecular flexibility index (Phi) is 5.65. The number of benzene rings is 3. The van der Waals surface area contributed by atoms with Gasteiger partial charge in [0.1, 0.15) is 5.52 Å². The molecule has 33 heavy (non-hydrogen) atoms. The summed E-state index contributed by atoms with van der Waals surface area (Å²) < 4.78 is 32.6. The maximum Gasteiger partial charge on any atom is 0.255 e. The van der Waals surface area contributed by atoms with Crippen molar-refractivity contribution in [2.24, 2.45) is 0 Å². The van der Waals surface area contributed by atoms with E-state index in [0.29, 0.717) is 51.9 Å². The number of aromatic nitrogens is 1. The summed E-state index contributed by atoms with van der Waals surface area (Å²) in [5.41, 5.74) is 2.71. The number of fused-ring (bicyclic) bond motifs is 1. The molecule has 0 saturated carbocycles. The molecular weight excluding hydrogens is 462 g/mol. The Morgan fingerprint density at radius 1 is 1.00 bits per heavy atom. The third-order valence-electron chi connectivity index (χ3n) is 5.57. The van der Waals surface area contributed by atoms with Crippen LogP contribution < -0.4 is 5.32 Å². The van der Waals surface area contributed by atoms with Crippen LogP contribution in [0.2, 0.25) is 5.02 Å². The summed E-state index contributed by atoms with van der Waals surface area (Å²) in [5, 5.41) is 3.35. The molecule has 1 aliphatic heterocycles. The standard InChI is InChI=1S/C24H20ClN3O4S/c25-20-6-2-1-5-19(20)24-27-21-12-9-17(15-22(21)32-24)26-23(29)16-7-10-18(11-8-16)33(30,31)28-13-3-4-14-28/h1-2,5-12,15H,3-4,13-14H2,(H,26,29). The summed E-state index contributed by atoms with van der Waals surface area (Å²) >= 11 is 6.23. The van der Waals surface area contributed by atoms with Gasteiger partial charge in [-0.05, 0) is 61.4 Å². The minimum atomic E-state index is -3.52. The normalized spacial score (nSPS) is 14.6. The van der Waals surface area contributed by atoms with E-state index in [9.17, 15) is 13.2 Å². The van der Waals surface area contributed by atoms with Gasteiger partial charge in [0.25, 0.3) is 5.91 Å². The molecule has 1 amide bonds. The molecule has 1 N–H and O–H groups in total. The Hall–Kier alpha value is -3.20. The monoisotopic (exact) mass is 481 g/mol. The molecule has 1 saturated heterocycles. The number of hydrogen-bond acceptors (Lipinski definition) is 5. The van der Waals surface area contributed by atoms with E-state index in [4.69, 9.17) is 16.0 Å². The van der Waals surface area contributed by atoms with Crippen LogP contribution in [0.5, 0.6) is 0 Å². The van der Waals surface area contributed by atoms with Crippen molar-refractivity contribution in [1.29, 1.82) is 0 Å². The van der Waals surface area contributed by atoms with E-state index in [1.807, 2.05) is 18.2 Å². The first kappa shape index (κ1) is 21.6. The van der Waals surface area contributed by atoms with Gasteiger partial charge in [0.05, 0.1) is 15.5 Å². The molecule has 0 atom stereocenters. The lowest BCUT2D eigenvalue weighted by molar-refractivity contribution is 0.102. The molecule has 1 aliphatic rings. The Bertz CT molecular complexity index is 1440. The van der Waals surface area contributed by atoms with Crippen molar-refractivity contribution in [3.63, 3.8) is 0 Å². The fourth-order valence-electron chi connectivity index (χ4n) is 3.81. The molecule has 9 heteroatoms. The van der Waals surface area contributed by atoms with Crippen LogP contribution in [-0.4, -0.2) is 36.7 Å². The van der Waals surface area contributed by atoms with Crippen molar-refractivity contribution in [2.75, 3.05) is 18.4 Å². The number of halogens is 1. The fraction of sp³-hybridized carbons (Fsp3) is 0.167. The highest BCUT2D eigenvalue weighted by atomic mass is 35.5. The fourth-order valence-corrected chi connectivity index (χ4v) is 5.54. The number of carbonyl (C=O) groups is 1. The molecule has 0 radical (unpaired) electrons. The highest BCUT2D eigenvalue weighted by Crippen LogP contribution is 2.31. The van der Waals surface area contributed by atoms with E-state index < -0.39 is 10.0 Å². The molecule has 0 bridgehead atoms. The van der Waals surface area contributed by atoms with Crippen molar-refractivity contribution >= 4 is 44.3 Å². The van der Waals surface area contributed by atoms with Gasteiger partial charge in [0.2, 0.25) is 15.9 Å². The molecule has 3 aromatic carbocycles. The molecule has 1 aromatic heterocycles. The number of nitrogens with zero attached hydrogens (tertiary/aromatic N) is 2. The van der Waals surface area contributed by atoms with Crippen LogP contribution in [0, 0.1) is 0 Å². The number of anilines is 1. The molecule has 1 fully saturated rings. The number of amides is 1. The third-order valence-corrected chi connectivity index (χ3v) is 7.81. The topological polar surface area (TPSA) is 92.5 Å². The number of nitrogens with one attached hydrogen (secondary N) is 1. The Labute approximate surface area is 196 Å². The molecule has 5 rings (SSSR count). The van der Waals surface area contributed by atoms with E-state index >= 15 is 0 Å². The van der Waals surface area contributed by atoms with Crippen LogP contribution in [0.25, 0.3) is 22.6 Å². The lowest BCUT2D eigenvalue weighted by Crippen LogP contribution is -2.27. The summed E-state index contributed by atoms with van der Waals surface area (Å²) in [6.07, 6.45) is 1.74. The lowest BCUT2D eigenvalue weighted by atomic mass is 10.2. The van der Waals surface area contributed by atoms with Crippen LogP contribution in [0.15, 0.2) is 76.0 Å². The van der Waals surface area contributed by atoms with Crippen molar-refractivity contribution in [3.8, 4) is 11.5 Å². The Morgan fingerprint density at radius 2 is 1.73 bits per heavy atom. The van der Waals surface area contributed by atoms with E-state index in [-0.39, 0.29) is 10.8 Å². The average molecular weight is 482 g/mol. The van der Waals surface area contributed by atoms with Gasteiger partial charge in [-0.3, -0.25) is 4.79 Å². The molecule has 7 nitrogen and oxygen atoms in total. The molecule has 0 aliphatic carbocycles. The minimum absolute atomic E-state index is 0.191. The predicted octanol–water partition coefficient (Wildman–Crippen LogP) is 5.19. The summed E-state index contributed by atoms with van der Waals surface area (Å²) in [6.45, 7) is 1.07. The second kappa shape index (κ2) is 8.62. The molecular formula is C24H20ClN3O4S. The molecule has 2 heterocycles. The van der Waals surface area contributed by atoms with E-state index in [2.05, 4.69) is 10.3 Å². The molecule has 0 spiro atoms. The van der Waals surface area contributed by atoms with Gasteiger partial charge < -0.3 is 9.73 Å². The van der Waals surface area contributed by atoms with Crippen LogP contribution in [0.3, 0.4) is 0 Å². The summed E-state index contributed by atoms with van der Waals surface area (Å²) in [6, 6.07) is 18.4. The van der Waals surface area contributed by atoms with Crippen molar-refractivity contribution < 1.29 is 17.6 Å². The van der Waals surface area contributed by atoms with Crippen LogP contribution >= 0.6 is 11.6 Å². The van der Waals surface area contributed by atoms with Crippen molar-refractivity contribution in [3.05, 3.63) is 77.3 Å². The summed E-state index contributed by atoms with van der Waals surface area (Å²) in [7, 11) is -3.52. The maximum absolute atomic E-state index is 12.7. The number of rotatable bonds is 5. The maximum atomic E-state index is 12.7. The smallest absolute Gasteiger partial charge is 0.255 e. The summed E-state index contributed by atoms with van der Waals surface area (Å²) in [4.78, 5) is 17.4. The van der Waals surface area contributed by atoms with Crippen LogP contribution in [0.4, 0.5) is 5.69 Å². The largest absolute Gasteiger partial charge is 0.436 e. The first-order valence-corrected chi connectivity index (χ1v) is 12.3. The highest BCUT2D eigenvalue weighted by molar-refractivity contribution is 7.89. The van der Waals surface area contributed by atoms with Crippen LogP contribution in [0.1, 0.15) is 23.2 Å². The SMILES string of the molecule is O=C(Nc1ccc2nc(-c3ccccc3Cl)oc2c1)c1ccc(S(=O)(=O)N2CCCC2)cc1. The Morgan fingerprint density at radius 3 is 2.45 bits per heavy atom. The zero-order valence-corrected chi connectivity index (χ0v) is 19.1. The van der Waals surface area contributed by atoms with Gasteiger partial charge in [-0.2, -0.15) is 4.31 Å². The number of oxazole rings is 1.